The summed E-state index contributed by atoms with van der Waals surface area (Å²) in [6.45, 7) is 3.14. The molecule has 0 aliphatic rings. The van der Waals surface area contributed by atoms with Gasteiger partial charge in [0.15, 0.2) is 11.5 Å². The first kappa shape index (κ1) is 21.3. The second kappa shape index (κ2) is 9.89. The molecule has 1 amide bonds. The van der Waals surface area contributed by atoms with Gasteiger partial charge in [0.05, 0.1) is 30.6 Å². The van der Waals surface area contributed by atoms with Gasteiger partial charge in [-0.05, 0) is 45.3 Å². The lowest BCUT2D eigenvalue weighted by Crippen LogP contribution is -2.19. The van der Waals surface area contributed by atoms with Gasteiger partial charge in [-0.15, -0.1) is 0 Å². The number of anilines is 1. The smallest absolute Gasteiger partial charge is 0.230 e. The van der Waals surface area contributed by atoms with Crippen LogP contribution in [0.25, 0.3) is 5.69 Å². The van der Waals surface area contributed by atoms with Crippen LogP contribution in [0.4, 0.5) is 5.69 Å². The average Bonchev–Trinajstić information content (AvgIpc) is 3.09. The van der Waals surface area contributed by atoms with Crippen LogP contribution >= 0.6 is 0 Å². The fourth-order valence-corrected chi connectivity index (χ4v) is 2.81. The summed E-state index contributed by atoms with van der Waals surface area (Å²) in [6, 6.07) is 14.9. The van der Waals surface area contributed by atoms with E-state index in [1.54, 1.807) is 30.1 Å². The second-order valence-corrected chi connectivity index (χ2v) is 7.10. The minimum atomic E-state index is -0.178. The SMILES string of the molecule is COc1ccc(NC(=O)Cc2nn(-c3ccccc3)nc2C)cc1OCCN(C)C. The van der Waals surface area contributed by atoms with Gasteiger partial charge in [-0.1, -0.05) is 18.2 Å². The number of rotatable bonds is 9. The number of nitrogens with one attached hydrogen (secondary N) is 1. The molecule has 30 heavy (non-hydrogen) atoms. The maximum absolute atomic E-state index is 12.6. The Hall–Kier alpha value is -3.39. The summed E-state index contributed by atoms with van der Waals surface area (Å²) in [7, 11) is 5.55. The first-order valence-electron chi connectivity index (χ1n) is 9.70. The van der Waals surface area contributed by atoms with Crippen molar-refractivity contribution < 1.29 is 14.3 Å². The molecular weight excluding hydrogens is 382 g/mol. The number of likely N-dealkylation sites (N-methyl/N-ethyl adjacent to an activating group) is 1. The highest BCUT2D eigenvalue weighted by molar-refractivity contribution is 5.92. The number of benzene rings is 2. The number of aromatic nitrogens is 3. The Morgan fingerprint density at radius 2 is 1.87 bits per heavy atom. The van der Waals surface area contributed by atoms with Crippen LogP contribution in [0.1, 0.15) is 11.4 Å². The molecule has 0 saturated carbocycles. The number of hydrogen-bond acceptors (Lipinski definition) is 6. The fourth-order valence-electron chi connectivity index (χ4n) is 2.81. The Kier molecular flexibility index (Phi) is 7.03. The van der Waals surface area contributed by atoms with Crippen LogP contribution in [-0.4, -0.2) is 60.2 Å². The van der Waals surface area contributed by atoms with Gasteiger partial charge >= 0.3 is 0 Å². The summed E-state index contributed by atoms with van der Waals surface area (Å²) in [6.07, 6.45) is 0.127. The van der Waals surface area contributed by atoms with Gasteiger partial charge in [-0.3, -0.25) is 4.79 Å². The van der Waals surface area contributed by atoms with Crippen molar-refractivity contribution >= 4 is 11.6 Å². The lowest BCUT2D eigenvalue weighted by molar-refractivity contribution is -0.115. The van der Waals surface area contributed by atoms with Crippen LogP contribution in [0.2, 0.25) is 0 Å². The van der Waals surface area contributed by atoms with Crippen molar-refractivity contribution in [3.05, 3.63) is 59.9 Å². The molecule has 0 bridgehead atoms. The lowest BCUT2D eigenvalue weighted by Gasteiger charge is -2.14. The molecule has 1 heterocycles. The summed E-state index contributed by atoms with van der Waals surface area (Å²) in [4.78, 5) is 16.2. The molecule has 0 radical (unpaired) electrons. The maximum atomic E-state index is 12.6. The van der Waals surface area contributed by atoms with Crippen molar-refractivity contribution in [2.75, 3.05) is 39.7 Å². The molecular formula is C22H27N5O3. The van der Waals surface area contributed by atoms with E-state index in [1.807, 2.05) is 56.3 Å². The van der Waals surface area contributed by atoms with E-state index in [0.29, 0.717) is 29.5 Å². The Bertz CT molecular complexity index is 986. The molecule has 0 aliphatic carbocycles. The minimum Gasteiger partial charge on any atom is -0.493 e. The monoisotopic (exact) mass is 409 g/mol. The summed E-state index contributed by atoms with van der Waals surface area (Å²) >= 11 is 0. The predicted octanol–water partition coefficient (Wildman–Crippen LogP) is 2.71. The molecule has 1 aromatic heterocycles. The van der Waals surface area contributed by atoms with Gasteiger partial charge in [0, 0.05) is 18.3 Å². The highest BCUT2D eigenvalue weighted by Gasteiger charge is 2.14. The van der Waals surface area contributed by atoms with Crippen LogP contribution in [0.3, 0.4) is 0 Å². The number of ether oxygens (including phenoxy) is 2. The van der Waals surface area contributed by atoms with E-state index in [0.717, 1.165) is 17.9 Å². The highest BCUT2D eigenvalue weighted by Crippen LogP contribution is 2.30. The average molecular weight is 409 g/mol. The quantitative estimate of drug-likeness (QED) is 0.585. The number of nitrogens with zero attached hydrogens (tertiary/aromatic N) is 4. The molecule has 1 N–H and O–H groups in total. The Balaban J connectivity index is 1.67. The van der Waals surface area contributed by atoms with E-state index in [1.165, 1.54) is 0 Å². The zero-order chi connectivity index (χ0) is 21.5. The molecule has 2 aromatic carbocycles. The predicted molar refractivity (Wildman–Crippen MR) is 115 cm³/mol. The summed E-state index contributed by atoms with van der Waals surface area (Å²) in [5.74, 6) is 1.03. The van der Waals surface area contributed by atoms with Crippen LogP contribution in [0, 0.1) is 6.92 Å². The molecule has 0 aliphatic heterocycles. The molecule has 0 fully saturated rings. The highest BCUT2D eigenvalue weighted by atomic mass is 16.5. The first-order chi connectivity index (χ1) is 14.5. The van der Waals surface area contributed by atoms with Crippen molar-refractivity contribution in [2.45, 2.75) is 13.3 Å². The Morgan fingerprint density at radius 1 is 1.10 bits per heavy atom. The van der Waals surface area contributed by atoms with Crippen LogP contribution in [0.15, 0.2) is 48.5 Å². The van der Waals surface area contributed by atoms with Crippen molar-refractivity contribution in [2.24, 2.45) is 0 Å². The normalized spacial score (nSPS) is 10.8. The van der Waals surface area contributed by atoms with Crippen molar-refractivity contribution in [3.63, 3.8) is 0 Å². The zero-order valence-corrected chi connectivity index (χ0v) is 17.8. The largest absolute Gasteiger partial charge is 0.493 e. The molecule has 0 saturated heterocycles. The topological polar surface area (TPSA) is 81.5 Å². The van der Waals surface area contributed by atoms with Crippen LogP contribution < -0.4 is 14.8 Å². The van der Waals surface area contributed by atoms with Gasteiger partial charge < -0.3 is 19.7 Å². The van der Waals surface area contributed by atoms with Gasteiger partial charge in [-0.2, -0.15) is 15.0 Å². The number of methoxy groups -OCH3 is 1. The van der Waals surface area contributed by atoms with E-state index in [2.05, 4.69) is 15.5 Å². The molecule has 0 unspecified atom stereocenters. The number of hydrogen-bond donors (Lipinski definition) is 1. The fraction of sp³-hybridized carbons (Fsp3) is 0.318. The number of aryl methyl sites for hydroxylation is 1. The Labute approximate surface area is 176 Å². The minimum absolute atomic E-state index is 0.127. The first-order valence-corrected chi connectivity index (χ1v) is 9.70. The van der Waals surface area contributed by atoms with Gasteiger partial charge in [0.1, 0.15) is 6.61 Å². The van der Waals surface area contributed by atoms with Crippen molar-refractivity contribution in [1.82, 2.24) is 19.9 Å². The molecule has 0 atom stereocenters. The van der Waals surface area contributed by atoms with E-state index in [4.69, 9.17) is 9.47 Å². The third-order valence-corrected chi connectivity index (χ3v) is 4.44. The molecule has 158 valence electrons. The molecule has 0 spiro atoms. The van der Waals surface area contributed by atoms with Gasteiger partial charge in [0.2, 0.25) is 5.91 Å². The third kappa shape index (κ3) is 5.57. The van der Waals surface area contributed by atoms with E-state index >= 15 is 0 Å². The van der Waals surface area contributed by atoms with Crippen LogP contribution in [-0.2, 0) is 11.2 Å². The molecule has 8 nitrogen and oxygen atoms in total. The van der Waals surface area contributed by atoms with E-state index in [9.17, 15) is 4.79 Å². The number of para-hydroxylation sites is 1. The van der Waals surface area contributed by atoms with E-state index < -0.39 is 0 Å². The van der Waals surface area contributed by atoms with Crippen molar-refractivity contribution in [3.8, 4) is 17.2 Å². The Morgan fingerprint density at radius 3 is 2.57 bits per heavy atom. The summed E-state index contributed by atoms with van der Waals surface area (Å²) in [5, 5.41) is 11.8. The molecule has 3 aromatic rings. The maximum Gasteiger partial charge on any atom is 0.230 e. The standard InChI is InChI=1S/C22H27N5O3/c1-16-19(25-27(24-16)18-8-6-5-7-9-18)15-22(28)23-17-10-11-20(29-4)21(14-17)30-13-12-26(2)3/h5-11,14H,12-13,15H2,1-4H3,(H,23,28). The third-order valence-electron chi connectivity index (χ3n) is 4.44. The molecule has 8 heteroatoms. The van der Waals surface area contributed by atoms with Gasteiger partial charge in [0.25, 0.3) is 0 Å². The second-order valence-electron chi connectivity index (χ2n) is 7.10. The zero-order valence-electron chi connectivity index (χ0n) is 17.8. The van der Waals surface area contributed by atoms with E-state index in [-0.39, 0.29) is 12.3 Å². The summed E-state index contributed by atoms with van der Waals surface area (Å²) in [5.41, 5.74) is 2.83. The number of carbonyl (C=O) groups excluding carboxylic acids is 1. The molecule has 3 rings (SSSR count). The van der Waals surface area contributed by atoms with Crippen molar-refractivity contribution in [1.29, 1.82) is 0 Å². The van der Waals surface area contributed by atoms with Gasteiger partial charge in [-0.25, -0.2) is 0 Å². The number of carbonyl (C=O) groups is 1. The number of amides is 1. The van der Waals surface area contributed by atoms with Crippen LogP contribution in [0.5, 0.6) is 11.5 Å². The summed E-state index contributed by atoms with van der Waals surface area (Å²) < 4.78 is 11.2. The lowest BCUT2D eigenvalue weighted by atomic mass is 10.2.